The molecule has 0 aliphatic rings. The van der Waals surface area contributed by atoms with Crippen LogP contribution in [0, 0.1) is 5.92 Å². The zero-order valence-corrected chi connectivity index (χ0v) is 13.6. The van der Waals surface area contributed by atoms with Crippen LogP contribution in [-0.4, -0.2) is 38.1 Å². The summed E-state index contributed by atoms with van der Waals surface area (Å²) in [5.41, 5.74) is 6.10. The number of hydrogen-bond acceptors (Lipinski definition) is 4. The van der Waals surface area contributed by atoms with Gasteiger partial charge in [-0.2, -0.15) is 0 Å². The maximum atomic E-state index is 12.2. The fourth-order valence-electron chi connectivity index (χ4n) is 2.40. The Morgan fingerprint density at radius 1 is 1.38 bits per heavy atom. The van der Waals surface area contributed by atoms with E-state index in [0.717, 1.165) is 25.1 Å². The number of methoxy groups -OCH3 is 1. The summed E-state index contributed by atoms with van der Waals surface area (Å²) in [5.74, 6) is 0.252. The second-order valence-electron chi connectivity index (χ2n) is 5.85. The topological polar surface area (TPSA) is 55.6 Å². The van der Waals surface area contributed by atoms with Crippen molar-refractivity contribution in [2.24, 2.45) is 11.7 Å². The maximum Gasteiger partial charge on any atom is 0.330 e. The van der Waals surface area contributed by atoms with Gasteiger partial charge in [0.2, 0.25) is 0 Å². The molecule has 0 fully saturated rings. The molecule has 0 aliphatic carbocycles. The molecule has 0 bridgehead atoms. The minimum atomic E-state index is -1.08. The number of carbonyl (C=O) groups is 1. The third-order valence-electron chi connectivity index (χ3n) is 4.05. The molecule has 2 unspecified atom stereocenters. The van der Waals surface area contributed by atoms with Crippen molar-refractivity contribution in [2.75, 3.05) is 27.2 Å². The zero-order chi connectivity index (χ0) is 15.9. The lowest BCUT2D eigenvalue weighted by atomic mass is 9.87. The lowest BCUT2D eigenvalue weighted by molar-refractivity contribution is -0.148. The fourth-order valence-corrected chi connectivity index (χ4v) is 2.40. The second kappa shape index (κ2) is 8.15. The third-order valence-corrected chi connectivity index (χ3v) is 4.05. The van der Waals surface area contributed by atoms with E-state index >= 15 is 0 Å². The molecule has 21 heavy (non-hydrogen) atoms. The van der Waals surface area contributed by atoms with Crippen LogP contribution in [0.25, 0.3) is 0 Å². The second-order valence-corrected chi connectivity index (χ2v) is 5.85. The van der Waals surface area contributed by atoms with Crippen molar-refractivity contribution < 1.29 is 9.53 Å². The Bertz CT molecular complexity index is 436. The highest BCUT2D eigenvalue weighted by Gasteiger charge is 2.37. The van der Waals surface area contributed by atoms with Gasteiger partial charge in [0.15, 0.2) is 0 Å². The molecule has 0 saturated heterocycles. The smallest absolute Gasteiger partial charge is 0.330 e. The largest absolute Gasteiger partial charge is 0.467 e. The molecular formula is C17H28N2O2. The maximum absolute atomic E-state index is 12.2. The number of nitrogens with two attached hydrogens (primary N) is 1. The van der Waals surface area contributed by atoms with Crippen LogP contribution in [0.2, 0.25) is 0 Å². The molecule has 0 amide bonds. The van der Waals surface area contributed by atoms with Crippen molar-refractivity contribution in [2.45, 2.75) is 32.2 Å². The number of esters is 1. The van der Waals surface area contributed by atoms with Crippen LogP contribution >= 0.6 is 0 Å². The summed E-state index contributed by atoms with van der Waals surface area (Å²) in [5, 5.41) is 0. The van der Waals surface area contributed by atoms with Crippen LogP contribution in [0.5, 0.6) is 0 Å². The van der Waals surface area contributed by atoms with Gasteiger partial charge < -0.3 is 15.4 Å². The van der Waals surface area contributed by atoms with Crippen molar-refractivity contribution in [3.8, 4) is 0 Å². The summed E-state index contributed by atoms with van der Waals surface area (Å²) < 4.78 is 4.92. The van der Waals surface area contributed by atoms with Gasteiger partial charge in [-0.05, 0) is 24.9 Å². The van der Waals surface area contributed by atoms with Gasteiger partial charge in [0, 0.05) is 13.1 Å². The first kappa shape index (κ1) is 17.7. The Morgan fingerprint density at radius 3 is 2.52 bits per heavy atom. The SMILES string of the molecule is CCC(C)CN(C)CCC(N)(C(=O)OC)c1ccccc1. The van der Waals surface area contributed by atoms with E-state index < -0.39 is 5.54 Å². The number of carbonyl (C=O) groups excluding carboxylic acids is 1. The fraction of sp³-hybridized carbons (Fsp3) is 0.588. The Morgan fingerprint density at radius 2 is 2.00 bits per heavy atom. The van der Waals surface area contributed by atoms with Gasteiger partial charge in [-0.1, -0.05) is 50.6 Å². The molecule has 0 aliphatic heterocycles. The van der Waals surface area contributed by atoms with E-state index in [9.17, 15) is 4.79 Å². The summed E-state index contributed by atoms with van der Waals surface area (Å²) >= 11 is 0. The van der Waals surface area contributed by atoms with E-state index in [0.29, 0.717) is 12.3 Å². The monoisotopic (exact) mass is 292 g/mol. The van der Waals surface area contributed by atoms with Crippen LogP contribution in [0.1, 0.15) is 32.3 Å². The average molecular weight is 292 g/mol. The summed E-state index contributed by atoms with van der Waals surface area (Å²) in [6.45, 7) is 6.17. The van der Waals surface area contributed by atoms with Gasteiger partial charge in [-0.3, -0.25) is 0 Å². The first-order valence-electron chi connectivity index (χ1n) is 7.55. The lowest BCUT2D eigenvalue weighted by Gasteiger charge is -2.30. The van der Waals surface area contributed by atoms with Crippen molar-refractivity contribution in [3.63, 3.8) is 0 Å². The Hall–Kier alpha value is -1.39. The standard InChI is InChI=1S/C17H28N2O2/c1-5-14(2)13-19(3)12-11-17(18,16(20)21-4)15-9-7-6-8-10-15/h6-10,14H,5,11-13,18H2,1-4H3. The van der Waals surface area contributed by atoms with Crippen LogP contribution in [0.4, 0.5) is 0 Å². The number of ether oxygens (including phenoxy) is 1. The van der Waals surface area contributed by atoms with Crippen molar-refractivity contribution in [1.29, 1.82) is 0 Å². The number of rotatable bonds is 8. The molecule has 1 aromatic rings. The van der Waals surface area contributed by atoms with Crippen molar-refractivity contribution in [1.82, 2.24) is 4.90 Å². The molecule has 0 heterocycles. The number of hydrogen-bond donors (Lipinski definition) is 1. The van der Waals surface area contributed by atoms with E-state index in [1.807, 2.05) is 30.3 Å². The lowest BCUT2D eigenvalue weighted by Crippen LogP contribution is -2.48. The summed E-state index contributed by atoms with van der Waals surface area (Å²) in [7, 11) is 3.45. The molecule has 2 atom stereocenters. The number of benzene rings is 1. The average Bonchev–Trinajstić information content (AvgIpc) is 2.52. The first-order chi connectivity index (χ1) is 9.93. The molecule has 0 spiro atoms. The van der Waals surface area contributed by atoms with Crippen LogP contribution in [0.3, 0.4) is 0 Å². The molecular weight excluding hydrogens is 264 g/mol. The quantitative estimate of drug-likeness (QED) is 0.747. The zero-order valence-electron chi connectivity index (χ0n) is 13.6. The molecule has 4 heteroatoms. The minimum Gasteiger partial charge on any atom is -0.467 e. The highest BCUT2D eigenvalue weighted by atomic mass is 16.5. The highest BCUT2D eigenvalue weighted by Crippen LogP contribution is 2.24. The molecule has 0 saturated carbocycles. The normalized spacial score (nSPS) is 15.5. The summed E-state index contributed by atoms with van der Waals surface area (Å²) in [4.78, 5) is 14.4. The van der Waals surface area contributed by atoms with Gasteiger partial charge in [0.25, 0.3) is 0 Å². The highest BCUT2D eigenvalue weighted by molar-refractivity contribution is 5.82. The van der Waals surface area contributed by atoms with E-state index in [1.54, 1.807) is 0 Å². The third kappa shape index (κ3) is 4.83. The van der Waals surface area contributed by atoms with E-state index in [4.69, 9.17) is 10.5 Å². The summed E-state index contributed by atoms with van der Waals surface area (Å²) in [6.07, 6.45) is 1.68. The molecule has 4 nitrogen and oxygen atoms in total. The molecule has 1 aromatic carbocycles. The van der Waals surface area contributed by atoms with Crippen molar-refractivity contribution in [3.05, 3.63) is 35.9 Å². The predicted molar refractivity (Wildman–Crippen MR) is 85.9 cm³/mol. The predicted octanol–water partition coefficient (Wildman–Crippen LogP) is 2.38. The van der Waals surface area contributed by atoms with Crippen LogP contribution < -0.4 is 5.73 Å². The van der Waals surface area contributed by atoms with Gasteiger partial charge in [0.1, 0.15) is 5.54 Å². The first-order valence-corrected chi connectivity index (χ1v) is 7.55. The van der Waals surface area contributed by atoms with Crippen LogP contribution in [-0.2, 0) is 15.1 Å². The number of nitrogens with zero attached hydrogens (tertiary/aromatic N) is 1. The van der Waals surface area contributed by atoms with Gasteiger partial charge >= 0.3 is 5.97 Å². The van der Waals surface area contributed by atoms with E-state index in [1.165, 1.54) is 7.11 Å². The van der Waals surface area contributed by atoms with Crippen LogP contribution in [0.15, 0.2) is 30.3 Å². The molecule has 118 valence electrons. The van der Waals surface area contributed by atoms with E-state index in [-0.39, 0.29) is 5.97 Å². The molecule has 0 radical (unpaired) electrons. The Balaban J connectivity index is 2.78. The molecule has 1 rings (SSSR count). The minimum absolute atomic E-state index is 0.384. The molecule has 2 N–H and O–H groups in total. The van der Waals surface area contributed by atoms with E-state index in [2.05, 4.69) is 25.8 Å². The summed E-state index contributed by atoms with van der Waals surface area (Å²) in [6, 6.07) is 9.46. The Kier molecular flexibility index (Phi) is 6.85. The Labute approximate surface area is 128 Å². The van der Waals surface area contributed by atoms with Gasteiger partial charge in [-0.15, -0.1) is 0 Å². The van der Waals surface area contributed by atoms with Crippen molar-refractivity contribution >= 4 is 5.97 Å². The van der Waals surface area contributed by atoms with Gasteiger partial charge in [-0.25, -0.2) is 4.79 Å². The molecule has 0 aromatic heterocycles. The van der Waals surface area contributed by atoms with Gasteiger partial charge in [0.05, 0.1) is 7.11 Å².